The van der Waals surface area contributed by atoms with Crippen LogP contribution in [0.15, 0.2) is 0 Å². The molecule has 4 nitrogen and oxygen atoms in total. The van der Waals surface area contributed by atoms with Crippen molar-refractivity contribution in [2.24, 2.45) is 0 Å². The number of hydrogen-bond donors (Lipinski definition) is 2. The molecule has 0 saturated carbocycles. The fraction of sp³-hybridized carbons (Fsp3) is 0.875. The maximum atomic E-state index is 11.8. The summed E-state index contributed by atoms with van der Waals surface area (Å²) in [6.45, 7) is 1.30. The van der Waals surface area contributed by atoms with E-state index in [9.17, 15) is 18.0 Å². The van der Waals surface area contributed by atoms with E-state index in [-0.39, 0.29) is 19.6 Å². The molecule has 0 heterocycles. The summed E-state index contributed by atoms with van der Waals surface area (Å²) >= 11 is 0. The molecule has 90 valence electrons. The van der Waals surface area contributed by atoms with Crippen molar-refractivity contribution in [1.29, 1.82) is 0 Å². The average Bonchev–Trinajstić information content (AvgIpc) is 2.11. The summed E-state index contributed by atoms with van der Waals surface area (Å²) in [5.41, 5.74) is 0. The molecule has 0 aliphatic carbocycles. The lowest BCUT2D eigenvalue weighted by atomic mass is 10.3. The Labute approximate surface area is 85.4 Å². The van der Waals surface area contributed by atoms with Crippen molar-refractivity contribution >= 4 is 5.97 Å². The lowest BCUT2D eigenvalue weighted by molar-refractivity contribution is -0.201. The van der Waals surface area contributed by atoms with E-state index >= 15 is 0 Å². The monoisotopic (exact) mass is 229 g/mol. The highest BCUT2D eigenvalue weighted by Gasteiger charge is 2.37. The van der Waals surface area contributed by atoms with Crippen molar-refractivity contribution < 1.29 is 27.8 Å². The first-order valence-corrected chi connectivity index (χ1v) is 4.49. The predicted octanol–water partition coefficient (Wildman–Crippen LogP) is 0.452. The van der Waals surface area contributed by atoms with Crippen LogP contribution in [0.4, 0.5) is 13.2 Å². The molecule has 0 saturated heterocycles. The van der Waals surface area contributed by atoms with Crippen molar-refractivity contribution in [3.63, 3.8) is 0 Å². The van der Waals surface area contributed by atoms with Gasteiger partial charge in [0, 0.05) is 13.1 Å². The first-order chi connectivity index (χ1) is 6.88. The molecule has 0 aromatic heterocycles. The molecule has 0 aliphatic heterocycles. The highest BCUT2D eigenvalue weighted by Crippen LogP contribution is 2.18. The summed E-state index contributed by atoms with van der Waals surface area (Å²) in [6, 6.07) is 0. The van der Waals surface area contributed by atoms with E-state index in [2.05, 4.69) is 10.1 Å². The maximum absolute atomic E-state index is 11.8. The van der Waals surface area contributed by atoms with Gasteiger partial charge in [-0.2, -0.15) is 13.2 Å². The molecule has 0 aromatic rings. The summed E-state index contributed by atoms with van der Waals surface area (Å²) in [4.78, 5) is 10.7. The van der Waals surface area contributed by atoms with Crippen molar-refractivity contribution in [3.8, 4) is 0 Å². The van der Waals surface area contributed by atoms with E-state index < -0.39 is 24.8 Å². The summed E-state index contributed by atoms with van der Waals surface area (Å²) in [6.07, 6.45) is -7.05. The predicted molar refractivity (Wildman–Crippen MR) is 46.2 cm³/mol. The fourth-order valence-electron chi connectivity index (χ4n) is 0.778. The van der Waals surface area contributed by atoms with Crippen LogP contribution < -0.4 is 5.32 Å². The van der Waals surface area contributed by atoms with Crippen LogP contribution in [0.5, 0.6) is 0 Å². The van der Waals surface area contributed by atoms with Crippen molar-refractivity contribution in [3.05, 3.63) is 0 Å². The molecule has 0 rings (SSSR count). The summed E-state index contributed by atoms with van der Waals surface area (Å²) in [5.74, 6) is -0.480. The molecule has 7 heteroatoms. The smallest absolute Gasteiger partial charge is 0.415 e. The molecule has 0 spiro atoms. The van der Waals surface area contributed by atoms with Gasteiger partial charge in [-0.05, 0) is 6.92 Å². The quantitative estimate of drug-likeness (QED) is 0.513. The van der Waals surface area contributed by atoms with Crippen LogP contribution in [-0.2, 0) is 9.53 Å². The second kappa shape index (κ2) is 6.62. The number of rotatable bonds is 6. The number of carbonyl (C=O) groups excluding carboxylic acids is 1. The van der Waals surface area contributed by atoms with E-state index in [0.717, 1.165) is 0 Å². The zero-order valence-electron chi connectivity index (χ0n) is 8.30. The van der Waals surface area contributed by atoms with Gasteiger partial charge in [0.25, 0.3) is 0 Å². The van der Waals surface area contributed by atoms with Crippen LogP contribution in [0.2, 0.25) is 0 Å². The number of carbonyl (C=O) groups is 1. The van der Waals surface area contributed by atoms with Gasteiger partial charge in [0.05, 0.1) is 13.0 Å². The highest BCUT2D eigenvalue weighted by molar-refractivity contribution is 5.69. The van der Waals surface area contributed by atoms with Gasteiger partial charge in [-0.25, -0.2) is 0 Å². The minimum absolute atomic E-state index is 0.0155. The lowest BCUT2D eigenvalue weighted by Gasteiger charge is -2.14. The number of halogens is 3. The maximum Gasteiger partial charge on any atom is 0.415 e. The molecule has 0 aromatic carbocycles. The molecule has 0 bridgehead atoms. The largest absolute Gasteiger partial charge is 0.466 e. The summed E-state index contributed by atoms with van der Waals surface area (Å²) in [7, 11) is 0. The molecule has 1 atom stereocenters. The molecule has 0 fully saturated rings. The zero-order valence-corrected chi connectivity index (χ0v) is 8.30. The van der Waals surface area contributed by atoms with E-state index in [4.69, 9.17) is 5.11 Å². The van der Waals surface area contributed by atoms with Crippen LogP contribution in [-0.4, -0.2) is 43.1 Å². The van der Waals surface area contributed by atoms with Gasteiger partial charge in [-0.3, -0.25) is 4.79 Å². The first kappa shape index (κ1) is 14.2. The third kappa shape index (κ3) is 7.15. The lowest BCUT2D eigenvalue weighted by Crippen LogP contribution is -2.39. The van der Waals surface area contributed by atoms with Crippen LogP contribution in [0.3, 0.4) is 0 Å². The van der Waals surface area contributed by atoms with Gasteiger partial charge in [0.2, 0.25) is 0 Å². The van der Waals surface area contributed by atoms with Gasteiger partial charge < -0.3 is 15.2 Å². The molecule has 0 radical (unpaired) electrons. The minimum atomic E-state index is -4.63. The third-order valence-electron chi connectivity index (χ3n) is 1.53. The van der Waals surface area contributed by atoms with Crippen LogP contribution in [0, 0.1) is 0 Å². The molecular formula is C8H14F3NO3. The van der Waals surface area contributed by atoms with Crippen molar-refractivity contribution in [2.45, 2.75) is 25.6 Å². The van der Waals surface area contributed by atoms with E-state index in [1.54, 1.807) is 6.92 Å². The Morgan fingerprint density at radius 2 is 2.13 bits per heavy atom. The molecule has 15 heavy (non-hydrogen) atoms. The molecule has 0 amide bonds. The number of esters is 1. The number of alkyl halides is 3. The Hall–Kier alpha value is -0.820. The second-order valence-corrected chi connectivity index (χ2v) is 2.82. The Balaban J connectivity index is 3.51. The zero-order chi connectivity index (χ0) is 11.9. The van der Waals surface area contributed by atoms with Crippen LogP contribution in [0.1, 0.15) is 13.3 Å². The Bertz CT molecular complexity index is 196. The normalized spacial score (nSPS) is 13.7. The van der Waals surface area contributed by atoms with Crippen LogP contribution in [0.25, 0.3) is 0 Å². The van der Waals surface area contributed by atoms with Gasteiger partial charge in [0.15, 0.2) is 6.10 Å². The van der Waals surface area contributed by atoms with Gasteiger partial charge >= 0.3 is 12.1 Å². The van der Waals surface area contributed by atoms with E-state index in [1.165, 1.54) is 0 Å². The van der Waals surface area contributed by atoms with E-state index in [0.29, 0.717) is 0 Å². The number of aliphatic hydroxyl groups is 1. The highest BCUT2D eigenvalue weighted by atomic mass is 19.4. The average molecular weight is 229 g/mol. The second-order valence-electron chi connectivity index (χ2n) is 2.82. The third-order valence-corrected chi connectivity index (χ3v) is 1.53. The topological polar surface area (TPSA) is 58.6 Å². The van der Waals surface area contributed by atoms with Crippen LogP contribution >= 0.6 is 0 Å². The Morgan fingerprint density at radius 1 is 1.53 bits per heavy atom. The molecular weight excluding hydrogens is 215 g/mol. The van der Waals surface area contributed by atoms with E-state index in [1.807, 2.05) is 0 Å². The van der Waals surface area contributed by atoms with Gasteiger partial charge in [-0.1, -0.05) is 0 Å². The standard InChI is InChI=1S/C8H14F3NO3/c1-2-15-7(14)3-4-12-5-6(13)8(9,10)11/h6,12-13H,2-5H2,1H3. The SMILES string of the molecule is CCOC(=O)CCNCC(O)C(F)(F)F. The van der Waals surface area contributed by atoms with Gasteiger partial charge in [0.1, 0.15) is 0 Å². The summed E-state index contributed by atoms with van der Waals surface area (Å²) < 4.78 is 39.9. The Morgan fingerprint density at radius 3 is 2.60 bits per heavy atom. The first-order valence-electron chi connectivity index (χ1n) is 4.49. The minimum Gasteiger partial charge on any atom is -0.466 e. The van der Waals surface area contributed by atoms with Crippen molar-refractivity contribution in [1.82, 2.24) is 5.32 Å². The number of ether oxygens (including phenoxy) is 1. The number of hydrogen-bond acceptors (Lipinski definition) is 4. The molecule has 0 aliphatic rings. The molecule has 1 unspecified atom stereocenters. The molecule has 2 N–H and O–H groups in total. The number of aliphatic hydroxyl groups excluding tert-OH is 1. The van der Waals surface area contributed by atoms with Gasteiger partial charge in [-0.15, -0.1) is 0 Å². The summed E-state index contributed by atoms with van der Waals surface area (Å²) in [5, 5.41) is 10.9. The Kier molecular flexibility index (Phi) is 6.26. The number of nitrogens with one attached hydrogen (secondary N) is 1. The van der Waals surface area contributed by atoms with Crippen molar-refractivity contribution in [2.75, 3.05) is 19.7 Å². The fourth-order valence-corrected chi connectivity index (χ4v) is 0.778.